The van der Waals surface area contributed by atoms with Gasteiger partial charge in [0.25, 0.3) is 0 Å². The molecule has 112 valence electrons. The minimum Gasteiger partial charge on any atom is -0.395 e. The average Bonchev–Trinajstić information content (AvgIpc) is 3.01. The lowest BCUT2D eigenvalue weighted by Gasteiger charge is -2.21. The summed E-state index contributed by atoms with van der Waals surface area (Å²) in [7, 11) is 0. The van der Waals surface area contributed by atoms with Crippen LogP contribution in [0.5, 0.6) is 0 Å². The summed E-state index contributed by atoms with van der Waals surface area (Å²) in [4.78, 5) is 14.6. The van der Waals surface area contributed by atoms with Crippen LogP contribution in [-0.4, -0.2) is 47.4 Å². The predicted octanol–water partition coefficient (Wildman–Crippen LogP) is 2.23. The SMILES string of the molecule is O=C(Nc1cccc(-c2cccs2)c1)N(CCO)CCO. The largest absolute Gasteiger partial charge is 0.395 e. The molecular weight excluding hydrogens is 288 g/mol. The summed E-state index contributed by atoms with van der Waals surface area (Å²) in [6.45, 7) is 0.110. The first kappa shape index (κ1) is 15.5. The number of hydrogen-bond donors (Lipinski definition) is 3. The molecular formula is C15H18N2O3S. The maximum Gasteiger partial charge on any atom is 0.321 e. The van der Waals surface area contributed by atoms with Gasteiger partial charge in [0.2, 0.25) is 0 Å². The van der Waals surface area contributed by atoms with Gasteiger partial charge in [-0.3, -0.25) is 0 Å². The number of thiophene rings is 1. The van der Waals surface area contributed by atoms with E-state index >= 15 is 0 Å². The fourth-order valence-corrected chi connectivity index (χ4v) is 2.68. The van der Waals surface area contributed by atoms with Gasteiger partial charge in [0.05, 0.1) is 13.2 Å². The van der Waals surface area contributed by atoms with E-state index in [1.54, 1.807) is 11.3 Å². The summed E-state index contributed by atoms with van der Waals surface area (Å²) in [6, 6.07) is 11.3. The Balaban J connectivity index is 2.08. The van der Waals surface area contributed by atoms with Gasteiger partial charge in [0.15, 0.2) is 0 Å². The number of carbonyl (C=O) groups excluding carboxylic acids is 1. The van der Waals surface area contributed by atoms with Crippen molar-refractivity contribution in [1.29, 1.82) is 0 Å². The van der Waals surface area contributed by atoms with E-state index in [1.165, 1.54) is 4.90 Å². The number of amides is 2. The van der Waals surface area contributed by atoms with Crippen LogP contribution < -0.4 is 5.32 Å². The average molecular weight is 306 g/mol. The molecule has 2 aromatic rings. The second kappa shape index (κ2) is 7.78. The van der Waals surface area contributed by atoms with Crippen molar-refractivity contribution < 1.29 is 15.0 Å². The van der Waals surface area contributed by atoms with Gasteiger partial charge in [-0.05, 0) is 29.1 Å². The number of aliphatic hydroxyl groups excluding tert-OH is 2. The van der Waals surface area contributed by atoms with Crippen LogP contribution in [-0.2, 0) is 0 Å². The zero-order chi connectivity index (χ0) is 15.1. The molecule has 0 aliphatic heterocycles. The predicted molar refractivity (Wildman–Crippen MR) is 84.5 cm³/mol. The first-order chi connectivity index (χ1) is 10.2. The van der Waals surface area contributed by atoms with Crippen molar-refractivity contribution in [2.45, 2.75) is 0 Å². The number of anilines is 1. The molecule has 3 N–H and O–H groups in total. The Morgan fingerprint density at radius 2 is 1.90 bits per heavy atom. The van der Waals surface area contributed by atoms with Gasteiger partial charge < -0.3 is 20.4 Å². The zero-order valence-corrected chi connectivity index (χ0v) is 12.3. The Hall–Kier alpha value is -1.89. The molecule has 0 radical (unpaired) electrons. The van der Waals surface area contributed by atoms with Crippen LogP contribution in [0.4, 0.5) is 10.5 Å². The summed E-state index contributed by atoms with van der Waals surface area (Å²) in [5, 5.41) is 22.7. The van der Waals surface area contributed by atoms with Crippen molar-refractivity contribution in [1.82, 2.24) is 4.90 Å². The monoisotopic (exact) mass is 306 g/mol. The van der Waals surface area contributed by atoms with Crippen LogP contribution in [0.2, 0.25) is 0 Å². The molecule has 1 aromatic carbocycles. The molecule has 0 saturated heterocycles. The highest BCUT2D eigenvalue weighted by atomic mass is 32.1. The number of nitrogens with zero attached hydrogens (tertiary/aromatic N) is 1. The standard InChI is InChI=1S/C15H18N2O3S/c18-8-6-17(7-9-19)15(20)16-13-4-1-3-12(11-13)14-5-2-10-21-14/h1-5,10-11,18-19H,6-9H2,(H,16,20). The van der Waals surface area contributed by atoms with Crippen LogP contribution in [0, 0.1) is 0 Å². The van der Waals surface area contributed by atoms with E-state index in [9.17, 15) is 4.79 Å². The highest BCUT2D eigenvalue weighted by Crippen LogP contribution is 2.26. The Morgan fingerprint density at radius 1 is 1.14 bits per heavy atom. The van der Waals surface area contributed by atoms with Crippen molar-refractivity contribution in [3.05, 3.63) is 41.8 Å². The Labute approximate surface area is 127 Å². The molecule has 6 heteroatoms. The van der Waals surface area contributed by atoms with E-state index < -0.39 is 0 Å². The van der Waals surface area contributed by atoms with Gasteiger partial charge in [-0.2, -0.15) is 0 Å². The lowest BCUT2D eigenvalue weighted by atomic mass is 10.1. The Kier molecular flexibility index (Phi) is 5.74. The lowest BCUT2D eigenvalue weighted by molar-refractivity contribution is 0.167. The third kappa shape index (κ3) is 4.29. The molecule has 1 heterocycles. The van der Waals surface area contributed by atoms with Crippen molar-refractivity contribution in [3.8, 4) is 10.4 Å². The van der Waals surface area contributed by atoms with E-state index in [4.69, 9.17) is 10.2 Å². The number of aliphatic hydroxyl groups is 2. The number of nitrogens with one attached hydrogen (secondary N) is 1. The second-order valence-electron chi connectivity index (χ2n) is 4.42. The number of hydrogen-bond acceptors (Lipinski definition) is 4. The van der Waals surface area contributed by atoms with Gasteiger partial charge >= 0.3 is 6.03 Å². The maximum absolute atomic E-state index is 12.1. The van der Waals surface area contributed by atoms with Crippen molar-refractivity contribution in [3.63, 3.8) is 0 Å². The zero-order valence-electron chi connectivity index (χ0n) is 11.5. The van der Waals surface area contributed by atoms with E-state index in [0.29, 0.717) is 5.69 Å². The van der Waals surface area contributed by atoms with Crippen LogP contribution in [0.25, 0.3) is 10.4 Å². The third-order valence-corrected chi connectivity index (χ3v) is 3.87. The smallest absolute Gasteiger partial charge is 0.321 e. The molecule has 1 aromatic heterocycles. The minimum atomic E-state index is -0.332. The highest BCUT2D eigenvalue weighted by molar-refractivity contribution is 7.13. The van der Waals surface area contributed by atoms with Crippen molar-refractivity contribution >= 4 is 23.1 Å². The fraction of sp³-hybridized carbons (Fsp3) is 0.267. The quantitative estimate of drug-likeness (QED) is 0.766. The molecule has 0 fully saturated rings. The van der Waals surface area contributed by atoms with Crippen LogP contribution >= 0.6 is 11.3 Å². The Bertz CT molecular complexity index is 566. The van der Waals surface area contributed by atoms with Crippen LogP contribution in [0.15, 0.2) is 41.8 Å². The maximum atomic E-state index is 12.1. The fourth-order valence-electron chi connectivity index (χ4n) is 1.95. The summed E-state index contributed by atoms with van der Waals surface area (Å²) in [6.07, 6.45) is 0. The molecule has 0 spiro atoms. The molecule has 21 heavy (non-hydrogen) atoms. The van der Waals surface area contributed by atoms with Gasteiger partial charge in [0, 0.05) is 23.7 Å². The van der Waals surface area contributed by atoms with Gasteiger partial charge in [0.1, 0.15) is 0 Å². The summed E-state index contributed by atoms with van der Waals surface area (Å²) in [5.74, 6) is 0. The lowest BCUT2D eigenvalue weighted by Crippen LogP contribution is -2.38. The van der Waals surface area contributed by atoms with E-state index in [1.807, 2.05) is 41.8 Å². The second-order valence-corrected chi connectivity index (χ2v) is 5.37. The van der Waals surface area contributed by atoms with Gasteiger partial charge in [-0.15, -0.1) is 11.3 Å². The van der Waals surface area contributed by atoms with E-state index in [-0.39, 0.29) is 32.3 Å². The van der Waals surface area contributed by atoms with E-state index in [2.05, 4.69) is 5.32 Å². The summed E-state index contributed by atoms with van der Waals surface area (Å²) >= 11 is 1.64. The first-order valence-corrected chi connectivity index (χ1v) is 7.54. The summed E-state index contributed by atoms with van der Waals surface area (Å²) < 4.78 is 0. The number of rotatable bonds is 6. The highest BCUT2D eigenvalue weighted by Gasteiger charge is 2.12. The van der Waals surface area contributed by atoms with Crippen molar-refractivity contribution in [2.24, 2.45) is 0 Å². The Morgan fingerprint density at radius 3 is 2.52 bits per heavy atom. The topological polar surface area (TPSA) is 72.8 Å². The molecule has 0 atom stereocenters. The summed E-state index contributed by atoms with van der Waals surface area (Å²) in [5.41, 5.74) is 1.73. The van der Waals surface area contributed by atoms with Gasteiger partial charge in [-0.1, -0.05) is 18.2 Å². The third-order valence-electron chi connectivity index (χ3n) is 2.95. The molecule has 0 saturated carbocycles. The van der Waals surface area contributed by atoms with Crippen molar-refractivity contribution in [2.75, 3.05) is 31.6 Å². The number of urea groups is 1. The molecule has 2 amide bonds. The normalized spacial score (nSPS) is 10.4. The van der Waals surface area contributed by atoms with E-state index in [0.717, 1.165) is 10.4 Å². The first-order valence-electron chi connectivity index (χ1n) is 6.66. The molecule has 2 rings (SSSR count). The minimum absolute atomic E-state index is 0.136. The van der Waals surface area contributed by atoms with Crippen LogP contribution in [0.3, 0.4) is 0 Å². The van der Waals surface area contributed by atoms with Crippen LogP contribution in [0.1, 0.15) is 0 Å². The molecule has 5 nitrogen and oxygen atoms in total. The molecule has 0 aliphatic rings. The molecule has 0 bridgehead atoms. The number of carbonyl (C=O) groups is 1. The molecule has 0 unspecified atom stereocenters. The van der Waals surface area contributed by atoms with Gasteiger partial charge in [-0.25, -0.2) is 4.79 Å². The number of benzene rings is 1. The molecule has 0 aliphatic carbocycles.